The third kappa shape index (κ3) is 5.31. The normalized spacial score (nSPS) is 13.8. The molecule has 6 rings (SSSR count). The molecule has 4 heterocycles. The summed E-state index contributed by atoms with van der Waals surface area (Å²) >= 11 is 5.67. The number of H-pyrrole nitrogens is 1. The van der Waals surface area contributed by atoms with Crippen molar-refractivity contribution in [3.8, 4) is 11.5 Å². The number of anilines is 3. The predicted molar refractivity (Wildman–Crippen MR) is 164 cm³/mol. The Hall–Kier alpha value is -4.76. The lowest BCUT2D eigenvalue weighted by atomic mass is 10.2. The number of benzene rings is 2. The van der Waals surface area contributed by atoms with E-state index in [1.165, 1.54) is 24.5 Å². The van der Waals surface area contributed by atoms with Crippen LogP contribution in [-0.4, -0.2) is 83.7 Å². The fourth-order valence-corrected chi connectivity index (χ4v) is 6.08. The quantitative estimate of drug-likeness (QED) is 0.234. The molecule has 0 bridgehead atoms. The van der Waals surface area contributed by atoms with Crippen LogP contribution >= 0.6 is 12.2 Å². The molecule has 13 nitrogen and oxygen atoms in total. The topological polar surface area (TPSA) is 150 Å². The van der Waals surface area contributed by atoms with Crippen molar-refractivity contribution < 1.29 is 17.9 Å². The van der Waals surface area contributed by atoms with Crippen LogP contribution in [-0.2, 0) is 10.0 Å². The van der Waals surface area contributed by atoms with E-state index in [0.717, 1.165) is 27.8 Å². The van der Waals surface area contributed by atoms with Gasteiger partial charge in [0.15, 0.2) is 22.4 Å². The molecule has 216 valence electrons. The first-order valence-corrected chi connectivity index (χ1v) is 14.8. The van der Waals surface area contributed by atoms with Crippen molar-refractivity contribution in [2.45, 2.75) is 4.90 Å². The highest BCUT2D eigenvalue weighted by Gasteiger charge is 2.24. The van der Waals surface area contributed by atoms with Crippen LogP contribution in [0.5, 0.6) is 11.5 Å². The fourth-order valence-electron chi connectivity index (χ4n) is 4.82. The number of nitrogens with zero attached hydrogens (tertiary/aromatic N) is 6. The Morgan fingerprint density at radius 3 is 2.33 bits per heavy atom. The first kappa shape index (κ1) is 27.4. The van der Waals surface area contributed by atoms with E-state index in [1.807, 2.05) is 12.1 Å². The van der Waals surface area contributed by atoms with Crippen molar-refractivity contribution in [1.82, 2.24) is 29.8 Å². The van der Waals surface area contributed by atoms with Crippen LogP contribution in [0.3, 0.4) is 0 Å². The average molecular weight is 606 g/mol. The molecule has 0 amide bonds. The molecule has 3 N–H and O–H groups in total. The molecular formula is C27H27N9O4S2. The van der Waals surface area contributed by atoms with Gasteiger partial charge in [0.25, 0.3) is 10.0 Å². The van der Waals surface area contributed by atoms with E-state index < -0.39 is 10.0 Å². The Morgan fingerprint density at radius 2 is 1.64 bits per heavy atom. The van der Waals surface area contributed by atoms with Gasteiger partial charge in [-0.05, 0) is 48.6 Å². The lowest BCUT2D eigenvalue weighted by Crippen LogP contribution is -2.50. The standard InChI is InChI=1S/C27H27N9O4S2/c1-39-21-14-19-20(15-22(21)40-2)33-24-23(19)30-16-31-25(24)35-10-12-36(13-11-35)27(41)32-17-4-6-18(7-5-17)42(37,38)34-26-28-8-3-9-29-26/h3-9,14-16,33H,10-13H2,1-2H3,(H,32,41)(H,28,29,34). The Bertz CT molecular complexity index is 1860. The van der Waals surface area contributed by atoms with Crippen molar-refractivity contribution in [3.63, 3.8) is 0 Å². The fraction of sp³-hybridized carbons (Fsp3) is 0.222. The zero-order valence-corrected chi connectivity index (χ0v) is 24.4. The van der Waals surface area contributed by atoms with Gasteiger partial charge >= 0.3 is 0 Å². The van der Waals surface area contributed by atoms with Crippen molar-refractivity contribution in [3.05, 3.63) is 61.2 Å². The number of rotatable bonds is 7. The SMILES string of the molecule is COc1cc2[nH]c3c(N4CCN(C(=S)Nc5ccc(S(=O)(=O)Nc6ncccn6)cc5)CC4)ncnc3c2cc1OC. The minimum Gasteiger partial charge on any atom is -0.493 e. The second-order valence-corrected chi connectivity index (χ2v) is 11.5. The molecule has 1 fully saturated rings. The first-order valence-electron chi connectivity index (χ1n) is 13.0. The number of thiocarbonyl (C=S) groups is 1. The van der Waals surface area contributed by atoms with E-state index >= 15 is 0 Å². The maximum Gasteiger partial charge on any atom is 0.264 e. The number of aromatic nitrogens is 5. The molecule has 1 saturated heterocycles. The highest BCUT2D eigenvalue weighted by molar-refractivity contribution is 7.92. The van der Waals surface area contributed by atoms with Gasteiger partial charge in [0.2, 0.25) is 5.95 Å². The van der Waals surface area contributed by atoms with Crippen LogP contribution in [0.2, 0.25) is 0 Å². The van der Waals surface area contributed by atoms with E-state index in [9.17, 15) is 8.42 Å². The summed E-state index contributed by atoms with van der Waals surface area (Å²) in [5.41, 5.74) is 3.23. The summed E-state index contributed by atoms with van der Waals surface area (Å²) in [5.74, 6) is 2.09. The average Bonchev–Trinajstić information content (AvgIpc) is 3.38. The maximum absolute atomic E-state index is 12.6. The molecule has 1 aliphatic heterocycles. The summed E-state index contributed by atoms with van der Waals surface area (Å²) in [6, 6.07) is 11.8. The highest BCUT2D eigenvalue weighted by atomic mass is 32.2. The molecule has 0 atom stereocenters. The van der Waals surface area contributed by atoms with Crippen molar-refractivity contribution in [2.75, 3.05) is 55.3 Å². The van der Waals surface area contributed by atoms with Crippen LogP contribution in [0.15, 0.2) is 66.1 Å². The van der Waals surface area contributed by atoms with Gasteiger partial charge in [0.05, 0.1) is 24.6 Å². The van der Waals surface area contributed by atoms with E-state index in [2.05, 4.69) is 44.8 Å². The number of hydrogen-bond donors (Lipinski definition) is 3. The summed E-state index contributed by atoms with van der Waals surface area (Å²) < 4.78 is 38.6. The van der Waals surface area contributed by atoms with E-state index in [0.29, 0.717) is 48.5 Å². The number of hydrogen-bond acceptors (Lipinski definition) is 10. The minimum atomic E-state index is -3.82. The zero-order chi connectivity index (χ0) is 29.3. The summed E-state index contributed by atoms with van der Waals surface area (Å²) in [6.45, 7) is 2.74. The molecule has 42 heavy (non-hydrogen) atoms. The predicted octanol–water partition coefficient (Wildman–Crippen LogP) is 3.24. The summed E-state index contributed by atoms with van der Waals surface area (Å²) in [5, 5.41) is 4.69. The van der Waals surface area contributed by atoms with Crippen LogP contribution < -0.4 is 24.4 Å². The van der Waals surface area contributed by atoms with Crippen LogP contribution in [0.25, 0.3) is 21.9 Å². The lowest BCUT2D eigenvalue weighted by molar-refractivity contribution is 0.356. The summed E-state index contributed by atoms with van der Waals surface area (Å²) in [7, 11) is -0.604. The number of methoxy groups -OCH3 is 2. The number of nitrogens with one attached hydrogen (secondary N) is 3. The maximum atomic E-state index is 12.6. The molecule has 5 aromatic rings. The molecule has 15 heteroatoms. The third-order valence-electron chi connectivity index (χ3n) is 6.94. The smallest absolute Gasteiger partial charge is 0.264 e. The Balaban J connectivity index is 1.11. The number of aromatic amines is 1. The van der Waals surface area contributed by atoms with Crippen molar-refractivity contribution in [2.24, 2.45) is 0 Å². The number of ether oxygens (including phenoxy) is 2. The second kappa shape index (κ2) is 11.3. The zero-order valence-electron chi connectivity index (χ0n) is 22.7. The van der Waals surface area contributed by atoms with Crippen molar-refractivity contribution in [1.29, 1.82) is 0 Å². The molecule has 0 saturated carbocycles. The lowest BCUT2D eigenvalue weighted by Gasteiger charge is -2.36. The van der Waals surface area contributed by atoms with Gasteiger partial charge in [-0.25, -0.2) is 33.1 Å². The molecule has 3 aromatic heterocycles. The van der Waals surface area contributed by atoms with Crippen LogP contribution in [0.4, 0.5) is 17.5 Å². The Labute approximate surface area is 247 Å². The molecule has 0 spiro atoms. The monoisotopic (exact) mass is 605 g/mol. The first-order chi connectivity index (χ1) is 20.4. The molecule has 0 unspecified atom stereocenters. The van der Waals surface area contributed by atoms with Crippen molar-refractivity contribution >= 4 is 66.7 Å². The van der Waals surface area contributed by atoms with Gasteiger partial charge in [-0.2, -0.15) is 0 Å². The van der Waals surface area contributed by atoms with Gasteiger partial charge in [-0.1, -0.05) is 0 Å². The summed E-state index contributed by atoms with van der Waals surface area (Å²) in [4.78, 5) is 24.8. The second-order valence-electron chi connectivity index (χ2n) is 9.41. The van der Waals surface area contributed by atoms with Gasteiger partial charge in [0.1, 0.15) is 17.4 Å². The van der Waals surface area contributed by atoms with Gasteiger partial charge in [-0.3, -0.25) is 0 Å². The van der Waals surface area contributed by atoms with Gasteiger partial charge < -0.3 is 29.6 Å². The summed E-state index contributed by atoms with van der Waals surface area (Å²) in [6.07, 6.45) is 4.50. The molecule has 2 aromatic carbocycles. The molecule has 1 aliphatic rings. The van der Waals surface area contributed by atoms with E-state index in [4.69, 9.17) is 21.7 Å². The van der Waals surface area contributed by atoms with Crippen LogP contribution in [0, 0.1) is 0 Å². The molecular weight excluding hydrogens is 578 g/mol. The number of piperazine rings is 1. The van der Waals surface area contributed by atoms with Crippen LogP contribution in [0.1, 0.15) is 0 Å². The number of sulfonamides is 1. The molecule has 0 aliphatic carbocycles. The van der Waals surface area contributed by atoms with Gasteiger partial charge in [-0.15, -0.1) is 0 Å². The Kier molecular flexibility index (Phi) is 7.34. The largest absolute Gasteiger partial charge is 0.493 e. The molecule has 0 radical (unpaired) electrons. The third-order valence-corrected chi connectivity index (χ3v) is 8.64. The number of fused-ring (bicyclic) bond motifs is 3. The van der Waals surface area contributed by atoms with Gasteiger partial charge in [0, 0.05) is 55.7 Å². The van der Waals surface area contributed by atoms with E-state index in [-0.39, 0.29) is 10.8 Å². The Morgan fingerprint density at radius 1 is 0.952 bits per heavy atom. The highest BCUT2D eigenvalue weighted by Crippen LogP contribution is 2.37. The minimum absolute atomic E-state index is 0.00715. The van der Waals surface area contributed by atoms with E-state index in [1.54, 1.807) is 38.7 Å².